The number of halogens is 2. The molecule has 3 rings (SSSR count). The summed E-state index contributed by atoms with van der Waals surface area (Å²) in [4.78, 5) is 26.0. The number of azo groups is 1. The number of carbonyl (C=O) groups is 2. The molecule has 0 aliphatic rings. The number of phenolic OH excluding ortho intramolecular Hbond substituents is 1. The first-order valence-electron chi connectivity index (χ1n) is 9.15. The van der Waals surface area contributed by atoms with Crippen molar-refractivity contribution in [2.45, 2.75) is 13.5 Å². The molecule has 1 aromatic heterocycles. The van der Waals surface area contributed by atoms with E-state index in [0.29, 0.717) is 39.5 Å². The van der Waals surface area contributed by atoms with E-state index in [4.69, 9.17) is 10.5 Å². The lowest BCUT2D eigenvalue weighted by Gasteiger charge is -2.13. The number of nitrogens with two attached hydrogens (primary N) is 1. The summed E-state index contributed by atoms with van der Waals surface area (Å²) >= 11 is 3.46. The molecular formula is C20H22BrClN5O4-. The molecule has 1 heterocycles. The number of primary amides is 1. The summed E-state index contributed by atoms with van der Waals surface area (Å²) in [7, 11) is 5.52. The van der Waals surface area contributed by atoms with Crippen molar-refractivity contribution in [2.24, 2.45) is 23.0 Å². The van der Waals surface area contributed by atoms with Crippen molar-refractivity contribution in [1.82, 2.24) is 9.47 Å². The SMILES string of the molecule is CCOC(=O)c1c(CN(C)C)n(C)c2c(O)c(N=NC(N)=O)c3ccc(Br)cc3c12.[Cl-]. The molecule has 0 bridgehead atoms. The van der Waals surface area contributed by atoms with E-state index in [9.17, 15) is 14.7 Å². The predicted octanol–water partition coefficient (Wildman–Crippen LogP) is 1.20. The van der Waals surface area contributed by atoms with Gasteiger partial charge in [0.2, 0.25) is 0 Å². The lowest BCUT2D eigenvalue weighted by molar-refractivity contribution is -0.0000286. The molecule has 0 fully saturated rings. The minimum absolute atomic E-state index is 0. The topological polar surface area (TPSA) is 123 Å². The van der Waals surface area contributed by atoms with Crippen LogP contribution in [0.25, 0.3) is 21.7 Å². The second-order valence-electron chi connectivity index (χ2n) is 6.99. The molecule has 3 aromatic rings. The Balaban J connectivity index is 0.00000341. The maximum absolute atomic E-state index is 13.0. The Kier molecular flexibility index (Phi) is 7.63. The van der Waals surface area contributed by atoms with Crippen LogP contribution < -0.4 is 18.1 Å². The zero-order valence-electron chi connectivity index (χ0n) is 17.4. The van der Waals surface area contributed by atoms with E-state index in [1.807, 2.05) is 25.1 Å². The maximum atomic E-state index is 13.0. The van der Waals surface area contributed by atoms with Crippen LogP contribution in [0.4, 0.5) is 10.5 Å². The number of benzene rings is 2. The van der Waals surface area contributed by atoms with Gasteiger partial charge in [0.25, 0.3) is 0 Å². The first-order chi connectivity index (χ1) is 14.2. The van der Waals surface area contributed by atoms with Gasteiger partial charge < -0.3 is 37.5 Å². The summed E-state index contributed by atoms with van der Waals surface area (Å²) in [5, 5.41) is 20.1. The van der Waals surface area contributed by atoms with Crippen LogP contribution >= 0.6 is 15.9 Å². The fourth-order valence-electron chi connectivity index (χ4n) is 3.55. The number of urea groups is 1. The van der Waals surface area contributed by atoms with E-state index in [0.717, 1.165) is 4.47 Å². The highest BCUT2D eigenvalue weighted by molar-refractivity contribution is 9.10. The number of phenols is 1. The second-order valence-corrected chi connectivity index (χ2v) is 7.90. The van der Waals surface area contributed by atoms with Crippen molar-refractivity contribution >= 4 is 55.3 Å². The molecule has 0 unspecified atom stereocenters. The van der Waals surface area contributed by atoms with Crippen molar-refractivity contribution in [1.29, 1.82) is 0 Å². The van der Waals surface area contributed by atoms with Gasteiger partial charge in [0.15, 0.2) is 5.75 Å². The number of aryl methyl sites for hydroxylation is 1. The first kappa shape index (κ1) is 24.6. The average Bonchev–Trinajstić information content (AvgIpc) is 2.94. The quantitative estimate of drug-likeness (QED) is 0.394. The van der Waals surface area contributed by atoms with Crippen LogP contribution in [-0.2, 0) is 18.3 Å². The molecule has 2 aromatic carbocycles. The van der Waals surface area contributed by atoms with Crippen LogP contribution in [-0.4, -0.2) is 47.3 Å². The molecule has 0 aliphatic heterocycles. The third kappa shape index (κ3) is 4.51. The van der Waals surface area contributed by atoms with Crippen molar-refractivity contribution in [3.05, 3.63) is 33.9 Å². The molecule has 0 saturated heterocycles. The van der Waals surface area contributed by atoms with Crippen LogP contribution in [0.15, 0.2) is 32.9 Å². The Labute approximate surface area is 193 Å². The maximum Gasteiger partial charge on any atom is 0.356 e. The molecule has 0 saturated carbocycles. The zero-order chi connectivity index (χ0) is 22.2. The van der Waals surface area contributed by atoms with Crippen LogP contribution in [0.5, 0.6) is 5.75 Å². The first-order valence-corrected chi connectivity index (χ1v) is 9.95. The van der Waals surface area contributed by atoms with Gasteiger partial charge >= 0.3 is 12.0 Å². The van der Waals surface area contributed by atoms with Gasteiger partial charge in [-0.3, -0.25) is 0 Å². The molecule has 31 heavy (non-hydrogen) atoms. The van der Waals surface area contributed by atoms with E-state index >= 15 is 0 Å². The van der Waals surface area contributed by atoms with Gasteiger partial charge in [-0.2, -0.15) is 0 Å². The molecule has 166 valence electrons. The molecule has 9 nitrogen and oxygen atoms in total. The predicted molar refractivity (Wildman–Crippen MR) is 117 cm³/mol. The van der Waals surface area contributed by atoms with Crippen molar-refractivity contribution in [3.63, 3.8) is 0 Å². The van der Waals surface area contributed by atoms with Gasteiger partial charge in [-0.25, -0.2) is 9.59 Å². The monoisotopic (exact) mass is 510 g/mol. The Morgan fingerprint density at radius 1 is 1.29 bits per heavy atom. The lowest BCUT2D eigenvalue weighted by atomic mass is 10.00. The van der Waals surface area contributed by atoms with E-state index < -0.39 is 12.0 Å². The molecule has 3 N–H and O–H groups in total. The van der Waals surface area contributed by atoms with Gasteiger partial charge in [-0.15, -0.1) is 5.11 Å². The summed E-state index contributed by atoms with van der Waals surface area (Å²) < 4.78 is 7.84. The van der Waals surface area contributed by atoms with Crippen molar-refractivity contribution in [3.8, 4) is 5.75 Å². The standard InChI is InChI=1S/C20H22BrN5O4.ClH/c1-5-30-19(28)15-13(9-25(2)3)26(4)17-14(15)12-8-10(21)6-7-11(12)16(18(17)27)23-24-20(22)29;/h6-8,27H,5,9H2,1-4H3,(H2,22,29);1H/p-1. The van der Waals surface area contributed by atoms with Crippen molar-refractivity contribution < 1.29 is 31.8 Å². The van der Waals surface area contributed by atoms with Gasteiger partial charge in [0.1, 0.15) is 5.69 Å². The highest BCUT2D eigenvalue weighted by Crippen LogP contribution is 2.46. The lowest BCUT2D eigenvalue weighted by Crippen LogP contribution is -3.00. The largest absolute Gasteiger partial charge is 1.00 e. The van der Waals surface area contributed by atoms with Crippen LogP contribution in [0.2, 0.25) is 0 Å². The molecule has 2 amide bonds. The fraction of sp³-hybridized carbons (Fsp3) is 0.300. The molecule has 0 atom stereocenters. The van der Waals surface area contributed by atoms with E-state index in [2.05, 4.69) is 26.2 Å². The summed E-state index contributed by atoms with van der Waals surface area (Å²) in [5.41, 5.74) is 6.63. The number of esters is 1. The number of carbonyl (C=O) groups excluding carboxylic acids is 2. The number of fused-ring (bicyclic) bond motifs is 3. The van der Waals surface area contributed by atoms with E-state index in [1.54, 1.807) is 30.7 Å². The number of aromatic hydroxyl groups is 1. The fourth-order valence-corrected chi connectivity index (χ4v) is 3.91. The second kappa shape index (κ2) is 9.63. The number of hydrogen-bond acceptors (Lipinski definition) is 6. The molecule has 11 heteroatoms. The highest BCUT2D eigenvalue weighted by atomic mass is 79.9. The molecule has 0 radical (unpaired) electrons. The minimum Gasteiger partial charge on any atom is -1.00 e. The van der Waals surface area contributed by atoms with Gasteiger partial charge in [0, 0.05) is 34.5 Å². The van der Waals surface area contributed by atoms with E-state index in [-0.39, 0.29) is 30.5 Å². The van der Waals surface area contributed by atoms with Crippen LogP contribution in [0, 0.1) is 0 Å². The normalized spacial score (nSPS) is 11.4. The number of aromatic nitrogens is 1. The Hall–Kier alpha value is -2.69. The third-order valence-electron chi connectivity index (χ3n) is 4.66. The van der Waals surface area contributed by atoms with Crippen LogP contribution in [0.3, 0.4) is 0 Å². The number of amides is 2. The Bertz CT molecular complexity index is 1210. The van der Waals surface area contributed by atoms with Gasteiger partial charge in [-0.05, 0) is 38.5 Å². The average molecular weight is 512 g/mol. The Morgan fingerprint density at radius 2 is 1.97 bits per heavy atom. The number of rotatable bonds is 5. The number of hydrogen-bond donors (Lipinski definition) is 2. The summed E-state index contributed by atoms with van der Waals surface area (Å²) in [6.07, 6.45) is 0. The molecule has 0 spiro atoms. The number of ether oxygens (including phenoxy) is 1. The summed E-state index contributed by atoms with van der Waals surface area (Å²) in [5.74, 6) is -0.685. The Morgan fingerprint density at radius 3 is 2.55 bits per heavy atom. The zero-order valence-corrected chi connectivity index (χ0v) is 19.8. The van der Waals surface area contributed by atoms with Gasteiger partial charge in [-0.1, -0.05) is 27.1 Å². The number of nitrogens with zero attached hydrogens (tertiary/aromatic N) is 4. The summed E-state index contributed by atoms with van der Waals surface area (Å²) in [6, 6.07) is 4.33. The summed E-state index contributed by atoms with van der Waals surface area (Å²) in [6.45, 7) is 2.39. The minimum atomic E-state index is -0.979. The smallest absolute Gasteiger partial charge is 0.356 e. The third-order valence-corrected chi connectivity index (χ3v) is 5.16. The highest BCUT2D eigenvalue weighted by Gasteiger charge is 2.28. The van der Waals surface area contributed by atoms with Gasteiger partial charge in [0.05, 0.1) is 17.7 Å². The van der Waals surface area contributed by atoms with Crippen LogP contribution in [0.1, 0.15) is 23.0 Å². The molecular weight excluding hydrogens is 490 g/mol. The van der Waals surface area contributed by atoms with Crippen molar-refractivity contribution in [2.75, 3.05) is 20.7 Å². The molecule has 0 aliphatic carbocycles. The van der Waals surface area contributed by atoms with E-state index in [1.165, 1.54) is 0 Å².